The Bertz CT molecular complexity index is 902. The van der Waals surface area contributed by atoms with Gasteiger partial charge >= 0.3 is 5.97 Å². The molecular formula is C16H14N4O4. The van der Waals surface area contributed by atoms with Crippen molar-refractivity contribution in [3.05, 3.63) is 58.4 Å². The number of ether oxygens (including phenoxy) is 1. The summed E-state index contributed by atoms with van der Waals surface area (Å²) in [6.07, 6.45) is 1.60. The van der Waals surface area contributed by atoms with Crippen LogP contribution in [0.15, 0.2) is 42.6 Å². The van der Waals surface area contributed by atoms with Gasteiger partial charge in [0.15, 0.2) is 0 Å². The van der Waals surface area contributed by atoms with Crippen LogP contribution < -0.4 is 5.32 Å². The molecule has 24 heavy (non-hydrogen) atoms. The lowest BCUT2D eigenvalue weighted by molar-refractivity contribution is -0.384. The molecule has 122 valence electrons. The average Bonchev–Trinajstić information content (AvgIpc) is 3.01. The molecule has 0 radical (unpaired) electrons. The number of non-ortho nitro benzene ring substituents is 1. The van der Waals surface area contributed by atoms with E-state index in [9.17, 15) is 14.9 Å². The Morgan fingerprint density at radius 3 is 2.75 bits per heavy atom. The Morgan fingerprint density at radius 2 is 2.08 bits per heavy atom. The Hall–Kier alpha value is -3.42. The van der Waals surface area contributed by atoms with Gasteiger partial charge in [0.1, 0.15) is 11.3 Å². The van der Waals surface area contributed by atoms with Gasteiger partial charge in [-0.3, -0.25) is 10.1 Å². The van der Waals surface area contributed by atoms with Crippen LogP contribution in [0.4, 0.5) is 17.1 Å². The van der Waals surface area contributed by atoms with E-state index in [4.69, 9.17) is 4.74 Å². The summed E-state index contributed by atoms with van der Waals surface area (Å²) < 4.78 is 4.97. The van der Waals surface area contributed by atoms with Crippen molar-refractivity contribution in [1.29, 1.82) is 0 Å². The number of H-pyrrole nitrogens is 1. The van der Waals surface area contributed by atoms with Crippen molar-refractivity contribution in [2.75, 3.05) is 11.9 Å². The summed E-state index contributed by atoms with van der Waals surface area (Å²) in [6.45, 7) is 2.02. The van der Waals surface area contributed by atoms with Gasteiger partial charge in [0, 0.05) is 29.4 Å². The molecule has 3 aromatic rings. The Labute approximate surface area is 136 Å². The van der Waals surface area contributed by atoms with E-state index in [1.807, 2.05) is 0 Å². The van der Waals surface area contributed by atoms with E-state index in [2.05, 4.69) is 15.3 Å². The van der Waals surface area contributed by atoms with Gasteiger partial charge in [-0.25, -0.2) is 9.78 Å². The number of rotatable bonds is 5. The number of aromatic nitrogens is 2. The van der Waals surface area contributed by atoms with Crippen molar-refractivity contribution in [3.8, 4) is 0 Å². The van der Waals surface area contributed by atoms with Gasteiger partial charge < -0.3 is 15.0 Å². The lowest BCUT2D eigenvalue weighted by atomic mass is 10.2. The van der Waals surface area contributed by atoms with Crippen LogP contribution in [0.2, 0.25) is 0 Å². The molecule has 0 aliphatic carbocycles. The molecule has 1 aromatic carbocycles. The number of fused-ring (bicyclic) bond motifs is 1. The zero-order valence-corrected chi connectivity index (χ0v) is 12.8. The molecule has 2 N–H and O–H groups in total. The SMILES string of the molecule is CCOC(=O)c1cc2c(Nc3ccc([N+](=O)[O-])cc3)ccnc2[nH]1. The molecule has 0 bridgehead atoms. The second kappa shape index (κ2) is 6.37. The first-order chi connectivity index (χ1) is 11.6. The molecule has 0 atom stereocenters. The highest BCUT2D eigenvalue weighted by Crippen LogP contribution is 2.27. The number of benzene rings is 1. The van der Waals surface area contributed by atoms with Gasteiger partial charge in [-0.1, -0.05) is 0 Å². The molecule has 0 saturated heterocycles. The first-order valence-electron chi connectivity index (χ1n) is 7.25. The van der Waals surface area contributed by atoms with E-state index in [-0.39, 0.29) is 12.3 Å². The summed E-state index contributed by atoms with van der Waals surface area (Å²) in [4.78, 5) is 29.2. The van der Waals surface area contributed by atoms with Gasteiger partial charge in [-0.05, 0) is 31.2 Å². The van der Waals surface area contributed by atoms with Crippen LogP contribution in [0.5, 0.6) is 0 Å². The van der Waals surface area contributed by atoms with Gasteiger partial charge in [0.2, 0.25) is 0 Å². The van der Waals surface area contributed by atoms with Crippen LogP contribution in [0.25, 0.3) is 11.0 Å². The van der Waals surface area contributed by atoms with Crippen LogP contribution >= 0.6 is 0 Å². The summed E-state index contributed by atoms with van der Waals surface area (Å²) in [5.74, 6) is -0.447. The maximum atomic E-state index is 11.8. The quantitative estimate of drug-likeness (QED) is 0.422. The maximum absolute atomic E-state index is 11.8. The van der Waals surface area contributed by atoms with E-state index < -0.39 is 10.9 Å². The first kappa shape index (κ1) is 15.5. The number of nitrogens with zero attached hydrogens (tertiary/aromatic N) is 2. The third-order valence-corrected chi connectivity index (χ3v) is 3.38. The molecule has 3 rings (SSSR count). The molecule has 0 aliphatic rings. The lowest BCUT2D eigenvalue weighted by Crippen LogP contribution is -2.04. The van der Waals surface area contributed by atoms with Crippen LogP contribution in [0.3, 0.4) is 0 Å². The number of nitro benzene ring substituents is 1. The van der Waals surface area contributed by atoms with Crippen molar-refractivity contribution < 1.29 is 14.5 Å². The number of hydrogen-bond acceptors (Lipinski definition) is 6. The smallest absolute Gasteiger partial charge is 0.354 e. The largest absolute Gasteiger partial charge is 0.461 e. The number of hydrogen-bond donors (Lipinski definition) is 2. The number of carbonyl (C=O) groups is 1. The summed E-state index contributed by atoms with van der Waals surface area (Å²) in [5, 5.41) is 14.6. The maximum Gasteiger partial charge on any atom is 0.354 e. The average molecular weight is 326 g/mol. The molecule has 0 amide bonds. The number of esters is 1. The lowest BCUT2D eigenvalue weighted by Gasteiger charge is -2.07. The molecule has 0 unspecified atom stereocenters. The molecule has 8 nitrogen and oxygen atoms in total. The molecule has 0 saturated carbocycles. The van der Waals surface area contributed by atoms with Crippen LogP contribution in [-0.2, 0) is 4.74 Å². The Morgan fingerprint density at radius 1 is 1.33 bits per heavy atom. The number of pyridine rings is 1. The van der Waals surface area contributed by atoms with E-state index in [0.717, 1.165) is 11.1 Å². The number of nitrogens with one attached hydrogen (secondary N) is 2. The summed E-state index contributed by atoms with van der Waals surface area (Å²) in [7, 11) is 0. The molecule has 2 heterocycles. The van der Waals surface area contributed by atoms with Gasteiger partial charge in [-0.15, -0.1) is 0 Å². The predicted molar refractivity (Wildman–Crippen MR) is 88.4 cm³/mol. The fourth-order valence-corrected chi connectivity index (χ4v) is 2.28. The normalized spacial score (nSPS) is 10.5. The second-order valence-corrected chi connectivity index (χ2v) is 4.95. The van der Waals surface area contributed by atoms with E-state index in [0.29, 0.717) is 17.0 Å². The number of nitro groups is 1. The van der Waals surface area contributed by atoms with Gasteiger partial charge in [0.05, 0.1) is 17.2 Å². The summed E-state index contributed by atoms with van der Waals surface area (Å²) in [5.41, 5.74) is 2.29. The minimum atomic E-state index is -0.452. The van der Waals surface area contributed by atoms with Crippen molar-refractivity contribution >= 4 is 34.1 Å². The fourth-order valence-electron chi connectivity index (χ4n) is 2.28. The number of carbonyl (C=O) groups excluding carboxylic acids is 1. The van der Waals surface area contributed by atoms with Crippen molar-refractivity contribution in [2.24, 2.45) is 0 Å². The van der Waals surface area contributed by atoms with Gasteiger partial charge in [0.25, 0.3) is 5.69 Å². The number of aromatic amines is 1. The third kappa shape index (κ3) is 3.02. The standard InChI is InChI=1S/C16H14N4O4/c1-2-24-16(21)14-9-12-13(7-8-17-15(12)19-14)18-10-3-5-11(6-4-10)20(22)23/h3-9H,2H2,1H3,(H2,17,18,19). The highest BCUT2D eigenvalue weighted by molar-refractivity contribution is 5.99. The van der Waals surface area contributed by atoms with E-state index in [1.54, 1.807) is 37.4 Å². The monoisotopic (exact) mass is 326 g/mol. The first-order valence-corrected chi connectivity index (χ1v) is 7.25. The van der Waals surface area contributed by atoms with Gasteiger partial charge in [-0.2, -0.15) is 0 Å². The van der Waals surface area contributed by atoms with Crippen LogP contribution in [-0.4, -0.2) is 27.5 Å². The highest BCUT2D eigenvalue weighted by atomic mass is 16.6. The molecule has 0 aliphatic heterocycles. The topological polar surface area (TPSA) is 110 Å². The molecule has 0 spiro atoms. The Balaban J connectivity index is 1.91. The highest BCUT2D eigenvalue weighted by Gasteiger charge is 2.13. The van der Waals surface area contributed by atoms with Crippen LogP contribution in [0.1, 0.15) is 17.4 Å². The van der Waals surface area contributed by atoms with Crippen LogP contribution in [0, 0.1) is 10.1 Å². The molecule has 8 heteroatoms. The van der Waals surface area contributed by atoms with E-state index >= 15 is 0 Å². The minimum Gasteiger partial charge on any atom is -0.461 e. The zero-order valence-electron chi connectivity index (χ0n) is 12.8. The molecular weight excluding hydrogens is 312 g/mol. The third-order valence-electron chi connectivity index (χ3n) is 3.38. The zero-order chi connectivity index (χ0) is 17.1. The Kier molecular flexibility index (Phi) is 4.11. The number of anilines is 2. The van der Waals surface area contributed by atoms with E-state index in [1.165, 1.54) is 12.1 Å². The second-order valence-electron chi connectivity index (χ2n) is 4.95. The molecule has 2 aromatic heterocycles. The predicted octanol–water partition coefficient (Wildman–Crippen LogP) is 3.39. The van der Waals surface area contributed by atoms with Crippen molar-refractivity contribution in [1.82, 2.24) is 9.97 Å². The van der Waals surface area contributed by atoms with Crippen molar-refractivity contribution in [3.63, 3.8) is 0 Å². The van der Waals surface area contributed by atoms with Crippen molar-refractivity contribution in [2.45, 2.75) is 6.92 Å². The fraction of sp³-hybridized carbons (Fsp3) is 0.125. The summed E-state index contributed by atoms with van der Waals surface area (Å²) in [6, 6.07) is 9.48. The summed E-state index contributed by atoms with van der Waals surface area (Å²) >= 11 is 0. The molecule has 0 fully saturated rings. The minimum absolute atomic E-state index is 0.0201.